The Bertz CT molecular complexity index is 546. The number of nitriles is 1. The molecule has 0 aliphatic heterocycles. The summed E-state index contributed by atoms with van der Waals surface area (Å²) in [4.78, 5) is 2.24. The maximum atomic E-state index is 8.81. The highest BCUT2D eigenvalue weighted by Crippen LogP contribution is 2.29. The molecule has 0 N–H and O–H groups in total. The molecule has 0 saturated carbocycles. The van der Waals surface area contributed by atoms with Crippen molar-refractivity contribution in [2.75, 3.05) is 0 Å². The lowest BCUT2D eigenvalue weighted by atomic mass is 10.2. The third-order valence-electron chi connectivity index (χ3n) is 1.99. The maximum Gasteiger partial charge on any atom is 0.0992 e. The Morgan fingerprint density at radius 1 is 1.00 bits per heavy atom. The highest BCUT2D eigenvalue weighted by atomic mass is 79.9. The van der Waals surface area contributed by atoms with Gasteiger partial charge in [-0.15, -0.1) is 0 Å². The first kappa shape index (κ1) is 11.3. The quantitative estimate of drug-likeness (QED) is 0.814. The number of halogens is 1. The van der Waals surface area contributed by atoms with Gasteiger partial charge in [0.2, 0.25) is 0 Å². The summed E-state index contributed by atoms with van der Waals surface area (Å²) in [5.74, 6) is 0. The zero-order valence-electron chi connectivity index (χ0n) is 8.35. The summed E-state index contributed by atoms with van der Waals surface area (Å²) in [6.07, 6.45) is 0. The van der Waals surface area contributed by atoms with Gasteiger partial charge >= 0.3 is 0 Å². The van der Waals surface area contributed by atoms with Crippen LogP contribution < -0.4 is 0 Å². The molecule has 0 unspecified atom stereocenters. The molecule has 3 heteroatoms. The monoisotopic (exact) mass is 289 g/mol. The summed E-state index contributed by atoms with van der Waals surface area (Å²) >= 11 is 5.09. The molecule has 0 fully saturated rings. The summed E-state index contributed by atoms with van der Waals surface area (Å²) in [5, 5.41) is 8.81. The molecular formula is C13H8BrNS. The van der Waals surface area contributed by atoms with Crippen molar-refractivity contribution in [1.29, 1.82) is 5.26 Å². The Labute approximate surface area is 107 Å². The lowest BCUT2D eigenvalue weighted by molar-refractivity contribution is 1.37. The number of hydrogen-bond acceptors (Lipinski definition) is 2. The summed E-state index contributed by atoms with van der Waals surface area (Å²) in [5.41, 5.74) is 0.694. The van der Waals surface area contributed by atoms with E-state index in [0.29, 0.717) is 5.56 Å². The van der Waals surface area contributed by atoms with Crippen molar-refractivity contribution in [2.24, 2.45) is 0 Å². The Hall–Kier alpha value is -1.24. The largest absolute Gasteiger partial charge is 0.192 e. The zero-order valence-corrected chi connectivity index (χ0v) is 10.8. The third-order valence-corrected chi connectivity index (χ3v) is 3.47. The van der Waals surface area contributed by atoms with E-state index in [1.807, 2.05) is 36.4 Å². The Kier molecular flexibility index (Phi) is 3.66. The standard InChI is InChI=1S/C13H8BrNS/c14-11-4-2-6-13(8-11)16-12-5-1-3-10(7-12)9-15/h1-8H. The fraction of sp³-hybridized carbons (Fsp3) is 0. The van der Waals surface area contributed by atoms with Crippen LogP contribution in [0.3, 0.4) is 0 Å². The van der Waals surface area contributed by atoms with Crippen molar-refractivity contribution in [3.63, 3.8) is 0 Å². The summed E-state index contributed by atoms with van der Waals surface area (Å²) in [6, 6.07) is 17.9. The van der Waals surface area contributed by atoms with Gasteiger partial charge in [0.25, 0.3) is 0 Å². The van der Waals surface area contributed by atoms with Crippen molar-refractivity contribution >= 4 is 27.7 Å². The highest BCUT2D eigenvalue weighted by Gasteiger charge is 1.99. The topological polar surface area (TPSA) is 23.8 Å². The van der Waals surface area contributed by atoms with Gasteiger partial charge in [0.1, 0.15) is 0 Å². The molecular weight excluding hydrogens is 282 g/mol. The minimum Gasteiger partial charge on any atom is -0.192 e. The normalized spacial score (nSPS) is 9.75. The van der Waals surface area contributed by atoms with Crippen molar-refractivity contribution in [3.8, 4) is 6.07 Å². The van der Waals surface area contributed by atoms with E-state index >= 15 is 0 Å². The van der Waals surface area contributed by atoms with Gasteiger partial charge in [-0.2, -0.15) is 5.26 Å². The second kappa shape index (κ2) is 5.20. The number of benzene rings is 2. The van der Waals surface area contributed by atoms with Gasteiger partial charge in [0, 0.05) is 14.3 Å². The van der Waals surface area contributed by atoms with Crippen LogP contribution >= 0.6 is 27.7 Å². The zero-order chi connectivity index (χ0) is 11.4. The fourth-order valence-electron chi connectivity index (χ4n) is 1.30. The molecule has 0 bridgehead atoms. The number of rotatable bonds is 2. The van der Waals surface area contributed by atoms with Crippen LogP contribution in [0.15, 0.2) is 62.8 Å². The molecule has 0 aliphatic rings. The lowest BCUT2D eigenvalue weighted by Gasteiger charge is -2.02. The molecule has 0 radical (unpaired) electrons. The lowest BCUT2D eigenvalue weighted by Crippen LogP contribution is -1.77. The molecule has 0 saturated heterocycles. The van der Waals surface area contributed by atoms with Gasteiger partial charge in [0.05, 0.1) is 11.6 Å². The molecule has 0 heterocycles. The average molecular weight is 290 g/mol. The average Bonchev–Trinajstić information content (AvgIpc) is 2.29. The van der Waals surface area contributed by atoms with Crippen molar-refractivity contribution in [1.82, 2.24) is 0 Å². The summed E-state index contributed by atoms with van der Waals surface area (Å²) in [6.45, 7) is 0. The SMILES string of the molecule is N#Cc1cccc(Sc2cccc(Br)c2)c1. The van der Waals surface area contributed by atoms with E-state index in [9.17, 15) is 0 Å². The predicted octanol–water partition coefficient (Wildman–Crippen LogP) is 4.47. The number of hydrogen-bond donors (Lipinski definition) is 0. The second-order valence-corrected chi connectivity index (χ2v) is 5.26. The predicted molar refractivity (Wildman–Crippen MR) is 69.4 cm³/mol. The van der Waals surface area contributed by atoms with E-state index in [-0.39, 0.29) is 0 Å². The maximum absolute atomic E-state index is 8.81. The van der Waals surface area contributed by atoms with Crippen LogP contribution in [0.4, 0.5) is 0 Å². The van der Waals surface area contributed by atoms with Crippen molar-refractivity contribution in [3.05, 3.63) is 58.6 Å². The molecule has 0 aromatic heterocycles. The molecule has 0 aliphatic carbocycles. The Balaban J connectivity index is 2.24. The van der Waals surface area contributed by atoms with Gasteiger partial charge < -0.3 is 0 Å². The molecule has 0 spiro atoms. The Morgan fingerprint density at radius 3 is 2.38 bits per heavy atom. The van der Waals surface area contributed by atoms with Gasteiger partial charge in [-0.3, -0.25) is 0 Å². The van der Waals surface area contributed by atoms with E-state index in [2.05, 4.69) is 34.1 Å². The number of nitrogens with zero attached hydrogens (tertiary/aromatic N) is 1. The van der Waals surface area contributed by atoms with E-state index in [0.717, 1.165) is 14.3 Å². The first-order chi connectivity index (χ1) is 7.78. The minimum absolute atomic E-state index is 0.694. The minimum atomic E-state index is 0.694. The Morgan fingerprint density at radius 2 is 1.69 bits per heavy atom. The first-order valence-electron chi connectivity index (χ1n) is 4.71. The van der Waals surface area contributed by atoms with Crippen molar-refractivity contribution < 1.29 is 0 Å². The van der Waals surface area contributed by atoms with E-state index < -0.39 is 0 Å². The van der Waals surface area contributed by atoms with Gasteiger partial charge in [-0.05, 0) is 36.4 Å². The molecule has 1 nitrogen and oxygen atoms in total. The smallest absolute Gasteiger partial charge is 0.0992 e. The van der Waals surface area contributed by atoms with Crippen LogP contribution in [-0.2, 0) is 0 Å². The molecule has 2 aromatic carbocycles. The van der Waals surface area contributed by atoms with E-state index in [4.69, 9.17) is 5.26 Å². The van der Waals surface area contributed by atoms with Crippen LogP contribution in [0, 0.1) is 11.3 Å². The molecule has 0 amide bonds. The van der Waals surface area contributed by atoms with Crippen LogP contribution in [0.2, 0.25) is 0 Å². The van der Waals surface area contributed by atoms with E-state index in [1.165, 1.54) is 0 Å². The molecule has 2 rings (SSSR count). The molecule has 16 heavy (non-hydrogen) atoms. The fourth-order valence-corrected chi connectivity index (χ4v) is 2.78. The van der Waals surface area contributed by atoms with E-state index in [1.54, 1.807) is 11.8 Å². The van der Waals surface area contributed by atoms with Gasteiger partial charge in [-0.25, -0.2) is 0 Å². The van der Waals surface area contributed by atoms with Crippen LogP contribution in [0.1, 0.15) is 5.56 Å². The molecule has 0 atom stereocenters. The van der Waals surface area contributed by atoms with Crippen LogP contribution in [0.5, 0.6) is 0 Å². The van der Waals surface area contributed by atoms with Crippen LogP contribution in [0.25, 0.3) is 0 Å². The summed E-state index contributed by atoms with van der Waals surface area (Å²) in [7, 11) is 0. The van der Waals surface area contributed by atoms with Gasteiger partial charge in [-0.1, -0.05) is 39.8 Å². The molecule has 2 aromatic rings. The highest BCUT2D eigenvalue weighted by molar-refractivity contribution is 9.10. The second-order valence-electron chi connectivity index (χ2n) is 3.20. The van der Waals surface area contributed by atoms with Crippen LogP contribution in [-0.4, -0.2) is 0 Å². The molecule has 78 valence electrons. The van der Waals surface area contributed by atoms with Gasteiger partial charge in [0.15, 0.2) is 0 Å². The third kappa shape index (κ3) is 2.88. The summed E-state index contributed by atoms with van der Waals surface area (Å²) < 4.78 is 1.06. The first-order valence-corrected chi connectivity index (χ1v) is 6.32. The van der Waals surface area contributed by atoms with Crippen molar-refractivity contribution in [2.45, 2.75) is 9.79 Å².